The first-order chi connectivity index (χ1) is 8.20. The van der Waals surface area contributed by atoms with Crippen LogP contribution < -0.4 is 10.1 Å². The van der Waals surface area contributed by atoms with E-state index in [1.807, 2.05) is 6.07 Å². The Morgan fingerprint density at radius 2 is 1.94 bits per heavy atom. The number of hydrogen-bond donors (Lipinski definition) is 1. The summed E-state index contributed by atoms with van der Waals surface area (Å²) in [5.74, 6) is 1.10. The number of nitrogens with one attached hydrogen (secondary N) is 1. The molecule has 1 N–H and O–H groups in total. The van der Waals surface area contributed by atoms with Crippen LogP contribution >= 0.6 is 23.2 Å². The van der Waals surface area contributed by atoms with Crippen molar-refractivity contribution in [3.8, 4) is 5.75 Å². The molecule has 0 saturated carbocycles. The topological polar surface area (TPSA) is 47.0 Å². The molecule has 0 bridgehead atoms. The SMILES string of the molecule is COc1ccc(Nc2nccnc2Cl)cc1Cl. The summed E-state index contributed by atoms with van der Waals surface area (Å²) in [6.07, 6.45) is 3.08. The molecule has 6 heteroatoms. The zero-order valence-corrected chi connectivity index (χ0v) is 10.5. The number of aromatic nitrogens is 2. The van der Waals surface area contributed by atoms with E-state index in [0.717, 1.165) is 5.69 Å². The van der Waals surface area contributed by atoms with E-state index < -0.39 is 0 Å². The van der Waals surface area contributed by atoms with Gasteiger partial charge in [-0.25, -0.2) is 9.97 Å². The maximum Gasteiger partial charge on any atom is 0.171 e. The fourth-order valence-electron chi connectivity index (χ4n) is 1.29. The summed E-state index contributed by atoms with van der Waals surface area (Å²) in [7, 11) is 1.56. The van der Waals surface area contributed by atoms with Gasteiger partial charge in [0.1, 0.15) is 5.75 Å². The van der Waals surface area contributed by atoms with Crippen molar-refractivity contribution in [3.63, 3.8) is 0 Å². The number of nitrogens with zero attached hydrogens (tertiary/aromatic N) is 2. The molecule has 0 amide bonds. The van der Waals surface area contributed by atoms with Crippen LogP contribution in [0.5, 0.6) is 5.75 Å². The Balaban J connectivity index is 2.25. The smallest absolute Gasteiger partial charge is 0.171 e. The lowest BCUT2D eigenvalue weighted by atomic mass is 10.3. The van der Waals surface area contributed by atoms with Crippen LogP contribution in [0.25, 0.3) is 0 Å². The second-order valence-corrected chi connectivity index (χ2v) is 3.94. The first-order valence-electron chi connectivity index (χ1n) is 4.78. The van der Waals surface area contributed by atoms with Gasteiger partial charge in [0.05, 0.1) is 12.1 Å². The highest BCUT2D eigenvalue weighted by atomic mass is 35.5. The summed E-state index contributed by atoms with van der Waals surface area (Å²) in [5.41, 5.74) is 0.762. The van der Waals surface area contributed by atoms with E-state index in [2.05, 4.69) is 15.3 Å². The van der Waals surface area contributed by atoms with Crippen molar-refractivity contribution in [2.24, 2.45) is 0 Å². The van der Waals surface area contributed by atoms with E-state index in [-0.39, 0.29) is 0 Å². The van der Waals surface area contributed by atoms with Crippen LogP contribution in [-0.4, -0.2) is 17.1 Å². The highest BCUT2D eigenvalue weighted by Crippen LogP contribution is 2.29. The van der Waals surface area contributed by atoms with Crippen molar-refractivity contribution < 1.29 is 4.74 Å². The number of rotatable bonds is 3. The fraction of sp³-hybridized carbons (Fsp3) is 0.0909. The number of anilines is 2. The Morgan fingerprint density at radius 1 is 1.18 bits per heavy atom. The van der Waals surface area contributed by atoms with Gasteiger partial charge in [0.25, 0.3) is 0 Å². The maximum atomic E-state index is 6.00. The lowest BCUT2D eigenvalue weighted by molar-refractivity contribution is 0.415. The van der Waals surface area contributed by atoms with Gasteiger partial charge in [-0.15, -0.1) is 0 Å². The van der Waals surface area contributed by atoms with Crippen LogP contribution in [0.3, 0.4) is 0 Å². The number of ether oxygens (including phenoxy) is 1. The van der Waals surface area contributed by atoms with Gasteiger partial charge in [0.15, 0.2) is 11.0 Å². The van der Waals surface area contributed by atoms with E-state index in [4.69, 9.17) is 27.9 Å². The molecule has 1 aromatic heterocycles. The van der Waals surface area contributed by atoms with Crippen LogP contribution in [-0.2, 0) is 0 Å². The van der Waals surface area contributed by atoms with E-state index >= 15 is 0 Å². The van der Waals surface area contributed by atoms with Crippen LogP contribution in [0.2, 0.25) is 10.2 Å². The summed E-state index contributed by atoms with van der Waals surface area (Å²) >= 11 is 11.9. The summed E-state index contributed by atoms with van der Waals surface area (Å²) in [5, 5.41) is 3.84. The molecule has 0 aliphatic carbocycles. The molecule has 0 unspecified atom stereocenters. The number of hydrogen-bond acceptors (Lipinski definition) is 4. The summed E-state index contributed by atoms with van der Waals surface area (Å²) in [4.78, 5) is 7.98. The highest BCUT2D eigenvalue weighted by Gasteiger charge is 2.05. The fourth-order valence-corrected chi connectivity index (χ4v) is 1.70. The van der Waals surface area contributed by atoms with Crippen LogP contribution in [0.1, 0.15) is 0 Å². The standard InChI is InChI=1S/C11H9Cl2N3O/c1-17-9-3-2-7(6-8(9)12)16-11-10(13)14-4-5-15-11/h2-6H,1H3,(H,15,16). The molecule has 4 nitrogen and oxygen atoms in total. The molecule has 1 aromatic carbocycles. The minimum Gasteiger partial charge on any atom is -0.495 e. The first kappa shape index (κ1) is 12.0. The molecule has 1 heterocycles. The Kier molecular flexibility index (Phi) is 3.66. The minimum atomic E-state index is 0.305. The minimum absolute atomic E-state index is 0.305. The molecular weight excluding hydrogens is 261 g/mol. The third-order valence-corrected chi connectivity index (χ3v) is 2.64. The quantitative estimate of drug-likeness (QED) is 0.926. The molecule has 0 atom stereocenters. The van der Waals surface area contributed by atoms with Gasteiger partial charge in [-0.05, 0) is 18.2 Å². The van der Waals surface area contributed by atoms with Crippen molar-refractivity contribution in [2.45, 2.75) is 0 Å². The number of methoxy groups -OCH3 is 1. The third kappa shape index (κ3) is 2.78. The molecule has 0 saturated heterocycles. The Bertz CT molecular complexity index is 534. The van der Waals surface area contributed by atoms with Crippen LogP contribution in [0.15, 0.2) is 30.6 Å². The molecule has 0 aliphatic rings. The van der Waals surface area contributed by atoms with Gasteiger partial charge < -0.3 is 10.1 Å². The lowest BCUT2D eigenvalue weighted by Crippen LogP contribution is -1.96. The van der Waals surface area contributed by atoms with E-state index in [0.29, 0.717) is 21.7 Å². The summed E-state index contributed by atoms with van der Waals surface area (Å²) in [6.45, 7) is 0. The molecule has 0 radical (unpaired) electrons. The van der Waals surface area contributed by atoms with Gasteiger partial charge in [-0.3, -0.25) is 0 Å². The second kappa shape index (κ2) is 5.21. The van der Waals surface area contributed by atoms with Crippen LogP contribution in [0, 0.1) is 0 Å². The van der Waals surface area contributed by atoms with Gasteiger partial charge in [0.2, 0.25) is 0 Å². The van der Waals surface area contributed by atoms with E-state index in [9.17, 15) is 0 Å². The Hall–Kier alpha value is -1.52. The molecule has 0 fully saturated rings. The summed E-state index contributed by atoms with van der Waals surface area (Å²) in [6, 6.07) is 5.30. The molecule has 2 aromatic rings. The molecular formula is C11H9Cl2N3O. The van der Waals surface area contributed by atoms with Crippen molar-refractivity contribution in [2.75, 3.05) is 12.4 Å². The summed E-state index contributed by atoms with van der Waals surface area (Å²) < 4.78 is 5.06. The second-order valence-electron chi connectivity index (χ2n) is 3.17. The van der Waals surface area contributed by atoms with E-state index in [1.54, 1.807) is 25.4 Å². The Morgan fingerprint density at radius 3 is 2.59 bits per heavy atom. The normalized spacial score (nSPS) is 10.1. The number of halogens is 2. The lowest BCUT2D eigenvalue weighted by Gasteiger charge is -2.08. The van der Waals surface area contributed by atoms with E-state index in [1.165, 1.54) is 6.20 Å². The van der Waals surface area contributed by atoms with Gasteiger partial charge in [-0.1, -0.05) is 23.2 Å². The Labute approximate surface area is 109 Å². The number of benzene rings is 1. The van der Waals surface area contributed by atoms with Crippen molar-refractivity contribution in [3.05, 3.63) is 40.8 Å². The van der Waals surface area contributed by atoms with Gasteiger partial charge >= 0.3 is 0 Å². The average molecular weight is 270 g/mol. The zero-order valence-electron chi connectivity index (χ0n) is 8.95. The van der Waals surface area contributed by atoms with Crippen molar-refractivity contribution in [1.82, 2.24) is 9.97 Å². The maximum absolute atomic E-state index is 6.00. The largest absolute Gasteiger partial charge is 0.495 e. The average Bonchev–Trinajstić information content (AvgIpc) is 2.32. The van der Waals surface area contributed by atoms with Crippen molar-refractivity contribution in [1.29, 1.82) is 0 Å². The third-order valence-electron chi connectivity index (χ3n) is 2.07. The molecule has 88 valence electrons. The van der Waals surface area contributed by atoms with Gasteiger partial charge in [-0.2, -0.15) is 0 Å². The molecule has 0 aliphatic heterocycles. The van der Waals surface area contributed by atoms with Crippen molar-refractivity contribution >= 4 is 34.7 Å². The molecule has 2 rings (SSSR count). The zero-order chi connectivity index (χ0) is 12.3. The predicted octanol–water partition coefficient (Wildman–Crippen LogP) is 3.54. The predicted molar refractivity (Wildman–Crippen MR) is 68.3 cm³/mol. The monoisotopic (exact) mass is 269 g/mol. The van der Waals surface area contributed by atoms with Crippen LogP contribution in [0.4, 0.5) is 11.5 Å². The van der Waals surface area contributed by atoms with Gasteiger partial charge in [0, 0.05) is 18.1 Å². The first-order valence-corrected chi connectivity index (χ1v) is 5.53. The molecule has 0 spiro atoms. The highest BCUT2D eigenvalue weighted by molar-refractivity contribution is 6.32. The molecule has 17 heavy (non-hydrogen) atoms.